The molecule has 4 rings (SSSR count). The smallest absolute Gasteiger partial charge is 0.246 e. The van der Waals surface area contributed by atoms with Crippen LogP contribution in [0.2, 0.25) is 0 Å². The fourth-order valence-electron chi connectivity index (χ4n) is 3.00. The van der Waals surface area contributed by atoms with E-state index in [2.05, 4.69) is 20.6 Å². The van der Waals surface area contributed by atoms with Crippen LogP contribution in [0, 0.1) is 0 Å². The number of carbonyl (C=O) groups is 2. The van der Waals surface area contributed by atoms with Gasteiger partial charge in [0.05, 0.1) is 0 Å². The second-order valence-electron chi connectivity index (χ2n) is 6.84. The van der Waals surface area contributed by atoms with E-state index >= 15 is 0 Å². The fourth-order valence-corrected chi connectivity index (χ4v) is 3.00. The van der Waals surface area contributed by atoms with E-state index in [9.17, 15) is 9.59 Å². The van der Waals surface area contributed by atoms with Crippen LogP contribution < -0.4 is 15.5 Å². The van der Waals surface area contributed by atoms with Crippen LogP contribution in [-0.2, 0) is 9.59 Å². The van der Waals surface area contributed by atoms with Gasteiger partial charge < -0.3 is 20.4 Å². The van der Waals surface area contributed by atoms with E-state index in [0.29, 0.717) is 25.1 Å². The highest BCUT2D eigenvalue weighted by Gasteiger charge is 2.26. The molecule has 27 heavy (non-hydrogen) atoms. The Balaban J connectivity index is 1.40. The minimum atomic E-state index is -0.0701. The molecule has 2 N–H and O–H groups in total. The normalized spacial score (nSPS) is 17.0. The number of rotatable bonds is 5. The summed E-state index contributed by atoms with van der Waals surface area (Å²) in [5.41, 5.74) is 1.66. The van der Waals surface area contributed by atoms with Crippen LogP contribution in [0.3, 0.4) is 0 Å². The average molecular weight is 366 g/mol. The molecule has 0 spiro atoms. The van der Waals surface area contributed by atoms with E-state index in [1.54, 1.807) is 16.0 Å². The maximum Gasteiger partial charge on any atom is 0.246 e. The molecule has 0 bridgehead atoms. The SMILES string of the molecule is CC(=O)N1CCN(c2ccc(Nc3nccc(NC4CC4)n3)cc2)C(=O)C1. The number of carbonyl (C=O) groups excluding carboxylic acids is 2. The largest absolute Gasteiger partial charge is 0.367 e. The molecule has 2 fully saturated rings. The number of nitrogens with one attached hydrogen (secondary N) is 2. The van der Waals surface area contributed by atoms with Gasteiger partial charge in [0.2, 0.25) is 17.8 Å². The molecule has 0 unspecified atom stereocenters. The van der Waals surface area contributed by atoms with Crippen molar-refractivity contribution in [2.75, 3.05) is 35.2 Å². The van der Waals surface area contributed by atoms with Crippen LogP contribution >= 0.6 is 0 Å². The standard InChI is InChI=1S/C19H22N6O2/c1-13(26)24-10-11-25(18(27)12-24)16-6-4-15(5-7-16)22-19-20-9-8-17(23-19)21-14-2-3-14/h4-9,14H,2-3,10-12H2,1H3,(H2,20,21,22,23). The molecule has 2 aromatic rings. The second kappa shape index (κ2) is 7.22. The van der Waals surface area contributed by atoms with Gasteiger partial charge in [-0.1, -0.05) is 0 Å². The highest BCUT2D eigenvalue weighted by Crippen LogP contribution is 2.25. The molecule has 2 heterocycles. The molecule has 0 atom stereocenters. The molecule has 1 aliphatic heterocycles. The van der Waals surface area contributed by atoms with E-state index in [-0.39, 0.29) is 18.4 Å². The third kappa shape index (κ3) is 4.16. The minimum absolute atomic E-state index is 0.0686. The van der Waals surface area contributed by atoms with Crippen molar-refractivity contribution >= 4 is 35.0 Å². The van der Waals surface area contributed by atoms with Gasteiger partial charge in [0.25, 0.3) is 0 Å². The second-order valence-corrected chi connectivity index (χ2v) is 6.84. The number of benzene rings is 1. The van der Waals surface area contributed by atoms with E-state index in [1.165, 1.54) is 19.8 Å². The molecule has 1 saturated carbocycles. The molecule has 140 valence electrons. The Morgan fingerprint density at radius 1 is 1.15 bits per heavy atom. The van der Waals surface area contributed by atoms with E-state index in [4.69, 9.17) is 0 Å². The molecule has 0 radical (unpaired) electrons. The lowest BCUT2D eigenvalue weighted by Gasteiger charge is -2.33. The first-order valence-electron chi connectivity index (χ1n) is 9.11. The summed E-state index contributed by atoms with van der Waals surface area (Å²) >= 11 is 0. The molecule has 1 aromatic heterocycles. The van der Waals surface area contributed by atoms with Crippen molar-refractivity contribution < 1.29 is 9.59 Å². The molecule has 8 nitrogen and oxygen atoms in total. The van der Waals surface area contributed by atoms with Crippen molar-refractivity contribution in [3.63, 3.8) is 0 Å². The predicted octanol–water partition coefficient (Wildman–Crippen LogP) is 1.99. The molecular weight excluding hydrogens is 344 g/mol. The van der Waals surface area contributed by atoms with Crippen molar-refractivity contribution in [1.29, 1.82) is 0 Å². The third-order valence-corrected chi connectivity index (χ3v) is 4.69. The Bertz CT molecular complexity index is 850. The Hall–Kier alpha value is -3.16. The summed E-state index contributed by atoms with van der Waals surface area (Å²) in [6.07, 6.45) is 4.10. The van der Waals surface area contributed by atoms with Crippen LogP contribution in [0.4, 0.5) is 23.1 Å². The van der Waals surface area contributed by atoms with Gasteiger partial charge in [-0.05, 0) is 43.2 Å². The maximum absolute atomic E-state index is 12.3. The Labute approximate surface area is 157 Å². The monoisotopic (exact) mass is 366 g/mol. The Kier molecular flexibility index (Phi) is 4.62. The Morgan fingerprint density at radius 3 is 2.59 bits per heavy atom. The number of piperazine rings is 1. The maximum atomic E-state index is 12.3. The summed E-state index contributed by atoms with van der Waals surface area (Å²) in [7, 11) is 0. The van der Waals surface area contributed by atoms with Gasteiger partial charge in [-0.3, -0.25) is 9.59 Å². The highest BCUT2D eigenvalue weighted by molar-refractivity contribution is 5.97. The van der Waals surface area contributed by atoms with E-state index in [0.717, 1.165) is 17.2 Å². The van der Waals surface area contributed by atoms with Crippen molar-refractivity contribution in [2.24, 2.45) is 0 Å². The molecular formula is C19H22N6O2. The first-order chi connectivity index (χ1) is 13.1. The highest BCUT2D eigenvalue weighted by atomic mass is 16.2. The summed E-state index contributed by atoms with van der Waals surface area (Å²) in [6.45, 7) is 2.67. The van der Waals surface area contributed by atoms with Gasteiger partial charge in [0, 0.05) is 43.6 Å². The van der Waals surface area contributed by atoms with Crippen LogP contribution in [0.25, 0.3) is 0 Å². The Morgan fingerprint density at radius 2 is 1.93 bits per heavy atom. The average Bonchev–Trinajstić information content (AvgIpc) is 3.47. The zero-order chi connectivity index (χ0) is 18.8. The molecule has 1 aromatic carbocycles. The summed E-state index contributed by atoms with van der Waals surface area (Å²) < 4.78 is 0. The number of amides is 2. The summed E-state index contributed by atoms with van der Waals surface area (Å²) in [4.78, 5) is 35.7. The number of hydrogen-bond donors (Lipinski definition) is 2. The van der Waals surface area contributed by atoms with Gasteiger partial charge >= 0.3 is 0 Å². The lowest BCUT2D eigenvalue weighted by molar-refractivity contribution is -0.135. The van der Waals surface area contributed by atoms with Crippen LogP contribution in [0.5, 0.6) is 0 Å². The molecule has 1 aliphatic carbocycles. The van der Waals surface area contributed by atoms with Crippen molar-refractivity contribution in [1.82, 2.24) is 14.9 Å². The zero-order valence-electron chi connectivity index (χ0n) is 15.2. The quantitative estimate of drug-likeness (QED) is 0.841. The fraction of sp³-hybridized carbons (Fsp3) is 0.368. The number of nitrogens with zero attached hydrogens (tertiary/aromatic N) is 4. The van der Waals surface area contributed by atoms with Gasteiger partial charge in [0.1, 0.15) is 12.4 Å². The first kappa shape index (κ1) is 17.3. The third-order valence-electron chi connectivity index (χ3n) is 4.69. The summed E-state index contributed by atoms with van der Waals surface area (Å²) in [5.74, 6) is 1.21. The van der Waals surface area contributed by atoms with Crippen LogP contribution in [0.1, 0.15) is 19.8 Å². The number of hydrogen-bond acceptors (Lipinski definition) is 6. The zero-order valence-corrected chi connectivity index (χ0v) is 15.2. The summed E-state index contributed by atoms with van der Waals surface area (Å²) in [6, 6.07) is 9.95. The minimum Gasteiger partial charge on any atom is -0.367 e. The molecule has 2 aliphatic rings. The van der Waals surface area contributed by atoms with Crippen molar-refractivity contribution in [3.8, 4) is 0 Å². The first-order valence-corrected chi connectivity index (χ1v) is 9.11. The van der Waals surface area contributed by atoms with Crippen molar-refractivity contribution in [2.45, 2.75) is 25.8 Å². The number of anilines is 4. The summed E-state index contributed by atoms with van der Waals surface area (Å²) in [5, 5.41) is 6.53. The van der Waals surface area contributed by atoms with E-state index in [1.807, 2.05) is 30.3 Å². The van der Waals surface area contributed by atoms with Gasteiger partial charge in [-0.2, -0.15) is 4.98 Å². The number of aromatic nitrogens is 2. The topological polar surface area (TPSA) is 90.5 Å². The van der Waals surface area contributed by atoms with Gasteiger partial charge in [0.15, 0.2) is 0 Å². The lowest BCUT2D eigenvalue weighted by Crippen LogP contribution is -2.51. The van der Waals surface area contributed by atoms with Gasteiger partial charge in [-0.25, -0.2) is 4.98 Å². The predicted molar refractivity (Wildman–Crippen MR) is 103 cm³/mol. The van der Waals surface area contributed by atoms with Crippen LogP contribution in [0.15, 0.2) is 36.5 Å². The van der Waals surface area contributed by atoms with Gasteiger partial charge in [-0.15, -0.1) is 0 Å². The van der Waals surface area contributed by atoms with Crippen molar-refractivity contribution in [3.05, 3.63) is 36.5 Å². The van der Waals surface area contributed by atoms with E-state index < -0.39 is 0 Å². The molecule has 2 amide bonds. The molecule has 1 saturated heterocycles. The molecule has 8 heteroatoms. The van der Waals surface area contributed by atoms with Crippen LogP contribution in [-0.4, -0.2) is 52.4 Å². The lowest BCUT2D eigenvalue weighted by atomic mass is 10.2.